The summed E-state index contributed by atoms with van der Waals surface area (Å²) in [6.45, 7) is 4.85. The summed E-state index contributed by atoms with van der Waals surface area (Å²) in [5, 5.41) is 7.95. The minimum atomic E-state index is 0.632. The van der Waals surface area contributed by atoms with Crippen LogP contribution in [0.5, 0.6) is 0 Å². The standard InChI is InChI=1S/C21H21BrN5O/c1-14-6-4-7-15(2)20(14)18-10-19(27-21(25-18)17(22)12-24-27)23-11-16-8-5-9-26(13-16)28-3/h4-10,12-13,23H,11H2,1-3H3/q+1. The number of nitrogens with one attached hydrogen (secondary N) is 1. The van der Waals surface area contributed by atoms with Crippen LogP contribution in [0.15, 0.2) is 59.5 Å². The fourth-order valence-corrected chi connectivity index (χ4v) is 3.67. The van der Waals surface area contributed by atoms with Gasteiger partial charge in [0.15, 0.2) is 5.65 Å². The number of rotatable bonds is 5. The zero-order valence-electron chi connectivity index (χ0n) is 16.0. The van der Waals surface area contributed by atoms with Gasteiger partial charge in [0.1, 0.15) is 12.9 Å². The lowest BCUT2D eigenvalue weighted by molar-refractivity contribution is -0.885. The smallest absolute Gasteiger partial charge is 0.227 e. The lowest BCUT2D eigenvalue weighted by Gasteiger charge is -2.13. The number of nitrogens with zero attached hydrogens (tertiary/aromatic N) is 4. The van der Waals surface area contributed by atoms with Crippen LogP contribution in [-0.2, 0) is 6.54 Å². The zero-order chi connectivity index (χ0) is 19.7. The molecule has 1 N–H and O–H groups in total. The highest BCUT2D eigenvalue weighted by atomic mass is 79.9. The Hall–Kier alpha value is -2.93. The molecule has 0 spiro atoms. The van der Waals surface area contributed by atoms with Crippen molar-refractivity contribution in [2.24, 2.45) is 0 Å². The molecule has 4 rings (SSSR count). The van der Waals surface area contributed by atoms with Crippen LogP contribution in [0.2, 0.25) is 0 Å². The predicted molar refractivity (Wildman–Crippen MR) is 112 cm³/mol. The first kappa shape index (κ1) is 18.4. The van der Waals surface area contributed by atoms with Gasteiger partial charge in [-0.1, -0.05) is 18.2 Å². The molecular formula is C21H21BrN5O+. The molecule has 0 aliphatic rings. The van der Waals surface area contributed by atoms with Crippen LogP contribution in [0.3, 0.4) is 0 Å². The Labute approximate surface area is 171 Å². The molecule has 0 amide bonds. The van der Waals surface area contributed by atoms with Crippen molar-refractivity contribution in [3.8, 4) is 11.3 Å². The van der Waals surface area contributed by atoms with Crippen molar-refractivity contribution >= 4 is 27.4 Å². The Bertz CT molecular complexity index is 1130. The van der Waals surface area contributed by atoms with Gasteiger partial charge in [0.05, 0.1) is 16.4 Å². The molecule has 142 valence electrons. The summed E-state index contributed by atoms with van der Waals surface area (Å²) in [5.74, 6) is 0.876. The molecule has 0 radical (unpaired) electrons. The van der Waals surface area contributed by atoms with E-state index in [1.54, 1.807) is 18.0 Å². The maximum atomic E-state index is 5.24. The first-order valence-electron chi connectivity index (χ1n) is 8.96. The largest absolute Gasteiger partial charge is 0.366 e. The zero-order valence-corrected chi connectivity index (χ0v) is 17.6. The van der Waals surface area contributed by atoms with Gasteiger partial charge < -0.3 is 5.32 Å². The SMILES string of the molecule is CO[n+]1cccc(CNc2cc(-c3c(C)cccc3C)nc3c(Br)cnn23)c1. The van der Waals surface area contributed by atoms with Crippen LogP contribution in [-0.4, -0.2) is 21.7 Å². The van der Waals surface area contributed by atoms with Gasteiger partial charge in [0.25, 0.3) is 0 Å². The summed E-state index contributed by atoms with van der Waals surface area (Å²) in [6, 6.07) is 12.3. The molecule has 28 heavy (non-hydrogen) atoms. The van der Waals surface area contributed by atoms with Gasteiger partial charge in [-0.05, 0) is 47.0 Å². The summed E-state index contributed by atoms with van der Waals surface area (Å²) in [5.41, 5.74) is 6.34. The Morgan fingerprint density at radius 1 is 1.18 bits per heavy atom. The number of pyridine rings is 1. The molecule has 3 heterocycles. The predicted octanol–water partition coefficient (Wildman–Crippen LogP) is 3.73. The first-order valence-corrected chi connectivity index (χ1v) is 9.75. The number of anilines is 1. The Kier molecular flexibility index (Phi) is 5.00. The monoisotopic (exact) mass is 438 g/mol. The molecular weight excluding hydrogens is 418 g/mol. The fourth-order valence-electron chi connectivity index (χ4n) is 3.32. The normalized spacial score (nSPS) is 11.0. The molecule has 4 aromatic rings. The number of hydrogen-bond donors (Lipinski definition) is 1. The molecule has 0 saturated heterocycles. The molecule has 3 aromatic heterocycles. The highest BCUT2D eigenvalue weighted by Gasteiger charge is 2.14. The minimum absolute atomic E-state index is 0.632. The van der Waals surface area contributed by atoms with Gasteiger partial charge in [-0.15, -0.1) is 0 Å². The van der Waals surface area contributed by atoms with Gasteiger partial charge in [-0.25, -0.2) is 4.98 Å². The average Bonchev–Trinajstić information content (AvgIpc) is 3.07. The molecule has 0 atom stereocenters. The van der Waals surface area contributed by atoms with Crippen molar-refractivity contribution in [1.82, 2.24) is 14.6 Å². The number of hydrogen-bond acceptors (Lipinski definition) is 4. The van der Waals surface area contributed by atoms with E-state index in [4.69, 9.17) is 9.82 Å². The molecule has 7 heteroatoms. The van der Waals surface area contributed by atoms with E-state index in [-0.39, 0.29) is 0 Å². The van der Waals surface area contributed by atoms with Gasteiger partial charge >= 0.3 is 0 Å². The van der Waals surface area contributed by atoms with Gasteiger partial charge in [-0.2, -0.15) is 9.61 Å². The van der Waals surface area contributed by atoms with E-state index in [2.05, 4.69) is 64.5 Å². The van der Waals surface area contributed by atoms with Crippen molar-refractivity contribution in [2.75, 3.05) is 12.4 Å². The van der Waals surface area contributed by atoms with E-state index in [0.717, 1.165) is 32.8 Å². The minimum Gasteiger partial charge on any atom is -0.366 e. The van der Waals surface area contributed by atoms with Crippen molar-refractivity contribution in [3.05, 3.63) is 76.2 Å². The first-order chi connectivity index (χ1) is 13.6. The maximum Gasteiger partial charge on any atom is 0.227 e. The summed E-state index contributed by atoms with van der Waals surface area (Å²) in [4.78, 5) is 10.1. The number of halogens is 1. The Morgan fingerprint density at radius 2 is 1.96 bits per heavy atom. The number of fused-ring (bicyclic) bond motifs is 1. The van der Waals surface area contributed by atoms with Crippen LogP contribution in [0.4, 0.5) is 5.82 Å². The second kappa shape index (κ2) is 7.59. The van der Waals surface area contributed by atoms with Crippen LogP contribution in [0, 0.1) is 13.8 Å². The number of aryl methyl sites for hydroxylation is 2. The van der Waals surface area contributed by atoms with E-state index in [1.165, 1.54) is 11.1 Å². The summed E-state index contributed by atoms with van der Waals surface area (Å²) in [6.07, 6.45) is 5.57. The van der Waals surface area contributed by atoms with Crippen LogP contribution in [0.1, 0.15) is 16.7 Å². The second-order valence-electron chi connectivity index (χ2n) is 6.63. The van der Waals surface area contributed by atoms with E-state index < -0.39 is 0 Å². The van der Waals surface area contributed by atoms with Crippen molar-refractivity contribution < 1.29 is 9.57 Å². The lowest BCUT2D eigenvalue weighted by Crippen LogP contribution is -2.40. The quantitative estimate of drug-likeness (QED) is 0.482. The molecule has 0 fully saturated rings. The summed E-state index contributed by atoms with van der Waals surface area (Å²) < 4.78 is 4.35. The van der Waals surface area contributed by atoms with E-state index in [0.29, 0.717) is 6.54 Å². The fraction of sp³-hybridized carbons (Fsp3) is 0.190. The molecule has 0 unspecified atom stereocenters. The summed E-state index contributed by atoms with van der Waals surface area (Å²) in [7, 11) is 1.64. The highest BCUT2D eigenvalue weighted by molar-refractivity contribution is 9.10. The summed E-state index contributed by atoms with van der Waals surface area (Å²) >= 11 is 3.57. The Balaban J connectivity index is 1.77. The maximum absolute atomic E-state index is 5.24. The van der Waals surface area contributed by atoms with Crippen LogP contribution >= 0.6 is 15.9 Å². The average molecular weight is 439 g/mol. The molecule has 6 nitrogen and oxygen atoms in total. The topological polar surface area (TPSA) is 55.3 Å². The molecule has 1 aromatic carbocycles. The second-order valence-corrected chi connectivity index (χ2v) is 7.48. The van der Waals surface area contributed by atoms with Crippen LogP contribution in [0.25, 0.3) is 16.9 Å². The lowest BCUT2D eigenvalue weighted by atomic mass is 10.00. The van der Waals surface area contributed by atoms with E-state index >= 15 is 0 Å². The van der Waals surface area contributed by atoms with Crippen molar-refractivity contribution in [1.29, 1.82) is 0 Å². The third-order valence-corrected chi connectivity index (χ3v) is 5.25. The number of aromatic nitrogens is 4. The van der Waals surface area contributed by atoms with Crippen LogP contribution < -0.4 is 14.9 Å². The third kappa shape index (κ3) is 3.45. The third-order valence-electron chi connectivity index (χ3n) is 4.69. The molecule has 0 saturated carbocycles. The van der Waals surface area contributed by atoms with Crippen molar-refractivity contribution in [2.45, 2.75) is 20.4 Å². The van der Waals surface area contributed by atoms with Gasteiger partial charge in [0, 0.05) is 34.5 Å². The molecule has 0 aliphatic carbocycles. The van der Waals surface area contributed by atoms with Gasteiger partial charge in [-0.3, -0.25) is 4.84 Å². The van der Waals surface area contributed by atoms with Crippen molar-refractivity contribution in [3.63, 3.8) is 0 Å². The van der Waals surface area contributed by atoms with E-state index in [1.807, 2.05) is 29.0 Å². The molecule has 0 bridgehead atoms. The van der Waals surface area contributed by atoms with E-state index in [9.17, 15) is 0 Å². The highest BCUT2D eigenvalue weighted by Crippen LogP contribution is 2.30. The Morgan fingerprint density at radius 3 is 2.71 bits per heavy atom. The molecule has 0 aliphatic heterocycles. The number of benzene rings is 1. The van der Waals surface area contributed by atoms with Gasteiger partial charge in [0.2, 0.25) is 12.4 Å².